The van der Waals surface area contributed by atoms with E-state index < -0.39 is 38.0 Å². The van der Waals surface area contributed by atoms with Gasteiger partial charge in [0.1, 0.15) is 41.0 Å². The van der Waals surface area contributed by atoms with Gasteiger partial charge in [0.05, 0.1) is 11.5 Å². The van der Waals surface area contributed by atoms with Crippen LogP contribution in [-0.4, -0.2) is 45.6 Å². The van der Waals surface area contributed by atoms with Crippen LogP contribution in [0.3, 0.4) is 0 Å². The Balaban J connectivity index is 1.37. The monoisotopic (exact) mass is 704 g/mol. The van der Waals surface area contributed by atoms with Gasteiger partial charge in [-0.05, 0) is 61.2 Å². The van der Waals surface area contributed by atoms with Gasteiger partial charge in [-0.15, -0.1) is 0 Å². The van der Waals surface area contributed by atoms with E-state index in [-0.39, 0.29) is 12.2 Å². The minimum absolute atomic E-state index is 0.297. The first-order valence-corrected chi connectivity index (χ1v) is 20.6. The lowest BCUT2D eigenvalue weighted by Crippen LogP contribution is -2.67. The van der Waals surface area contributed by atoms with Crippen molar-refractivity contribution in [3.63, 3.8) is 0 Å². The number of benzene rings is 3. The summed E-state index contributed by atoms with van der Waals surface area (Å²) >= 11 is 0. The zero-order valence-corrected chi connectivity index (χ0v) is 31.3. The molecule has 5 atom stereocenters. The molecule has 1 saturated heterocycles. The Bertz CT molecular complexity index is 1690. The molecule has 2 fully saturated rings. The molecule has 10 heteroatoms. The fraction of sp³-hybridized carbons (Fsp3) is 0.462. The molecule has 2 unspecified atom stereocenters. The molecular formula is C39H49O8PSi. The van der Waals surface area contributed by atoms with Gasteiger partial charge in [-0.25, -0.2) is 4.79 Å². The summed E-state index contributed by atoms with van der Waals surface area (Å²) in [5.41, 5.74) is 1.93. The van der Waals surface area contributed by atoms with Crippen LogP contribution in [0.1, 0.15) is 69.2 Å². The van der Waals surface area contributed by atoms with Crippen LogP contribution in [0.25, 0.3) is 11.0 Å². The van der Waals surface area contributed by atoms with E-state index in [0.29, 0.717) is 28.0 Å². The maximum Gasteiger partial charge on any atom is 0.339 e. The van der Waals surface area contributed by atoms with Crippen LogP contribution in [0, 0.1) is 6.92 Å². The Morgan fingerprint density at radius 2 is 1.49 bits per heavy atom. The van der Waals surface area contributed by atoms with Crippen LogP contribution in [-0.2, 0) is 18.4 Å². The molecule has 1 saturated carbocycles. The second-order valence-electron chi connectivity index (χ2n) is 13.3. The summed E-state index contributed by atoms with van der Waals surface area (Å²) in [6.45, 7) is 8.56. The highest BCUT2D eigenvalue weighted by Gasteiger charge is 2.59. The van der Waals surface area contributed by atoms with Crippen molar-refractivity contribution in [3.8, 4) is 11.5 Å². The summed E-state index contributed by atoms with van der Waals surface area (Å²) < 4.78 is 45.6. The Labute approximate surface area is 292 Å². The molecule has 8 nitrogen and oxygen atoms in total. The van der Waals surface area contributed by atoms with Crippen molar-refractivity contribution in [2.45, 2.75) is 108 Å². The van der Waals surface area contributed by atoms with Crippen LogP contribution in [0.15, 0.2) is 88.1 Å². The smallest absolute Gasteiger partial charge is 0.339 e. The Hall–Kier alpha value is -3.04. The van der Waals surface area contributed by atoms with Crippen molar-refractivity contribution in [1.29, 1.82) is 0 Å². The van der Waals surface area contributed by atoms with Gasteiger partial charge in [0.2, 0.25) is 6.29 Å². The fourth-order valence-electron chi connectivity index (χ4n) is 7.74. The van der Waals surface area contributed by atoms with E-state index in [1.807, 2.05) is 79.7 Å². The SMILES string of the molecule is CC[Si](CC)(CC)O[C@H]1C(OP)[C@H](Oc2ccc3c(OC(c4ccccc4)c4ccccc4)cc(=O)oc3c2C)OC2(CCCC2)[C@@H]1OC. The van der Waals surface area contributed by atoms with E-state index in [0.717, 1.165) is 54.9 Å². The molecule has 0 radical (unpaired) electrons. The van der Waals surface area contributed by atoms with E-state index in [2.05, 4.69) is 30.2 Å². The van der Waals surface area contributed by atoms with Gasteiger partial charge in [0.25, 0.3) is 0 Å². The Kier molecular flexibility index (Phi) is 11.3. The van der Waals surface area contributed by atoms with Crippen molar-refractivity contribution < 1.29 is 32.3 Å². The van der Waals surface area contributed by atoms with Gasteiger partial charge in [0.15, 0.2) is 14.4 Å². The van der Waals surface area contributed by atoms with Crippen molar-refractivity contribution in [3.05, 3.63) is 106 Å². The molecule has 1 aromatic heterocycles. The standard InChI is InChI=1S/C39H49O8PSi/c1-6-49(7-2,8-3)47-35-36(46-48)38(45-39(37(35)41-5)23-15-16-24-39)43-30-22-21-29-31(25-32(40)44-33(29)26(30)4)42-34(27-17-11-9-12-18-27)28-19-13-10-14-20-28/h9-14,17-22,25,34-38H,6-8,15-16,23-24,48H2,1-5H3/t35-,36?,37+,38+/m0/s1. The largest absolute Gasteiger partial charge is 0.480 e. The molecular weight excluding hydrogens is 655 g/mol. The van der Waals surface area contributed by atoms with Crippen LogP contribution in [0.5, 0.6) is 11.5 Å². The molecule has 1 aliphatic carbocycles. The third-order valence-electron chi connectivity index (χ3n) is 10.7. The van der Waals surface area contributed by atoms with E-state index in [1.54, 1.807) is 7.11 Å². The maximum absolute atomic E-state index is 13.0. The summed E-state index contributed by atoms with van der Waals surface area (Å²) in [4.78, 5) is 13.0. The third-order valence-corrected chi connectivity index (χ3v) is 15.7. The summed E-state index contributed by atoms with van der Waals surface area (Å²) in [6.07, 6.45) is 1.32. The first-order chi connectivity index (χ1) is 23.8. The quantitative estimate of drug-likeness (QED) is 0.0775. The number of fused-ring (bicyclic) bond motifs is 1. The average molecular weight is 705 g/mol. The predicted molar refractivity (Wildman–Crippen MR) is 197 cm³/mol. The van der Waals surface area contributed by atoms with Gasteiger partial charge >= 0.3 is 5.63 Å². The van der Waals surface area contributed by atoms with Gasteiger partial charge < -0.3 is 32.3 Å². The summed E-state index contributed by atoms with van der Waals surface area (Å²) in [5.74, 6) is 0.959. The Morgan fingerprint density at radius 3 is 2.04 bits per heavy atom. The van der Waals surface area contributed by atoms with E-state index in [1.165, 1.54) is 6.07 Å². The highest BCUT2D eigenvalue weighted by Crippen LogP contribution is 2.47. The van der Waals surface area contributed by atoms with Gasteiger partial charge in [-0.3, -0.25) is 0 Å². The molecule has 2 heterocycles. The number of methoxy groups -OCH3 is 1. The summed E-state index contributed by atoms with van der Waals surface area (Å²) in [6, 6.07) is 28.1. The molecule has 0 bridgehead atoms. The first-order valence-electron chi connectivity index (χ1n) is 17.6. The van der Waals surface area contributed by atoms with Gasteiger partial charge in [-0.2, -0.15) is 0 Å². The topological polar surface area (TPSA) is 85.6 Å². The van der Waals surface area contributed by atoms with Gasteiger partial charge in [-0.1, -0.05) is 94.3 Å². The highest BCUT2D eigenvalue weighted by atomic mass is 31.0. The Morgan fingerprint density at radius 1 is 0.878 bits per heavy atom. The second kappa shape index (κ2) is 15.5. The molecule has 262 valence electrons. The predicted octanol–water partition coefficient (Wildman–Crippen LogP) is 8.90. The number of aryl methyl sites for hydroxylation is 1. The maximum atomic E-state index is 13.0. The third kappa shape index (κ3) is 7.12. The number of hydrogen-bond acceptors (Lipinski definition) is 8. The van der Waals surface area contributed by atoms with Crippen molar-refractivity contribution in [2.24, 2.45) is 0 Å². The molecule has 49 heavy (non-hydrogen) atoms. The molecule has 2 aliphatic rings. The molecule has 3 aromatic carbocycles. The molecule has 4 aromatic rings. The lowest BCUT2D eigenvalue weighted by Gasteiger charge is -2.52. The van der Waals surface area contributed by atoms with Gasteiger partial charge in [0, 0.05) is 22.1 Å². The lowest BCUT2D eigenvalue weighted by atomic mass is 9.85. The van der Waals surface area contributed by atoms with Crippen molar-refractivity contribution in [2.75, 3.05) is 7.11 Å². The molecule has 0 N–H and O–H groups in total. The number of ether oxygens (including phenoxy) is 4. The molecule has 0 amide bonds. The summed E-state index contributed by atoms with van der Waals surface area (Å²) in [5, 5.41) is 0.669. The molecule has 1 spiro atoms. The minimum Gasteiger partial charge on any atom is -0.480 e. The molecule has 6 rings (SSSR count). The van der Waals surface area contributed by atoms with E-state index in [9.17, 15) is 4.79 Å². The van der Waals surface area contributed by atoms with Crippen LogP contribution in [0.4, 0.5) is 0 Å². The zero-order chi connectivity index (χ0) is 34.6. The second-order valence-corrected chi connectivity index (χ2v) is 18.3. The molecule has 1 aliphatic heterocycles. The van der Waals surface area contributed by atoms with Crippen LogP contribution < -0.4 is 15.1 Å². The number of hydrogen-bond donors (Lipinski definition) is 0. The minimum atomic E-state index is -2.08. The van der Waals surface area contributed by atoms with Crippen LogP contribution in [0.2, 0.25) is 18.1 Å². The number of rotatable bonds is 13. The summed E-state index contributed by atoms with van der Waals surface area (Å²) in [7, 11) is 2.07. The fourth-order valence-corrected chi connectivity index (χ4v) is 10.9. The van der Waals surface area contributed by atoms with E-state index >= 15 is 0 Å². The normalized spacial score (nSPS) is 22.2. The van der Waals surface area contributed by atoms with Crippen molar-refractivity contribution >= 4 is 28.8 Å². The highest BCUT2D eigenvalue weighted by molar-refractivity contribution is 7.09. The van der Waals surface area contributed by atoms with Crippen molar-refractivity contribution in [1.82, 2.24) is 0 Å². The average Bonchev–Trinajstić information content (AvgIpc) is 3.60. The first kappa shape index (κ1) is 35.8. The van der Waals surface area contributed by atoms with Crippen LogP contribution >= 0.6 is 9.47 Å². The zero-order valence-electron chi connectivity index (χ0n) is 29.2. The lowest BCUT2D eigenvalue weighted by molar-refractivity contribution is -0.305. The van der Waals surface area contributed by atoms with E-state index in [4.69, 9.17) is 32.3 Å².